The first kappa shape index (κ1) is 16.5. The van der Waals surface area contributed by atoms with E-state index < -0.39 is 0 Å². The first-order chi connectivity index (χ1) is 12.1. The number of aryl methyl sites for hydroxylation is 2. The molecule has 1 fully saturated rings. The summed E-state index contributed by atoms with van der Waals surface area (Å²) in [4.78, 5) is 17.4. The maximum atomic E-state index is 12.8. The summed E-state index contributed by atoms with van der Waals surface area (Å²) in [5.41, 5.74) is 3.85. The Bertz CT molecular complexity index is 877. The number of hydrogen-bond donors (Lipinski definition) is 1. The number of aromatic nitrogens is 3. The van der Waals surface area contributed by atoms with Gasteiger partial charge < -0.3 is 5.32 Å². The zero-order valence-electron chi connectivity index (χ0n) is 14.2. The number of nitrogens with zero attached hydrogens (tertiary/aromatic N) is 3. The second-order valence-electron chi connectivity index (χ2n) is 6.54. The number of thiophene rings is 1. The third-order valence-corrected chi connectivity index (χ3v) is 6.20. The number of amides is 1. The molecule has 1 aliphatic carbocycles. The van der Waals surface area contributed by atoms with Gasteiger partial charge in [-0.2, -0.15) is 16.4 Å². The minimum absolute atomic E-state index is 0.0880. The lowest BCUT2D eigenvalue weighted by Gasteiger charge is -2.16. The van der Waals surface area contributed by atoms with Crippen molar-refractivity contribution in [1.29, 1.82) is 0 Å². The van der Waals surface area contributed by atoms with E-state index in [4.69, 9.17) is 0 Å². The molecule has 5 nitrogen and oxygen atoms in total. The average molecular weight is 373 g/mol. The SMILES string of the molecule is Cc1csc([C@@H](Cc2ccsc2)NC(=O)c2cc(C3CC3)nn2C)n1. The summed E-state index contributed by atoms with van der Waals surface area (Å²) in [6.45, 7) is 1.98. The van der Waals surface area contributed by atoms with Crippen molar-refractivity contribution in [3.63, 3.8) is 0 Å². The molecule has 7 heteroatoms. The molecular weight excluding hydrogens is 352 g/mol. The van der Waals surface area contributed by atoms with Crippen molar-refractivity contribution in [3.05, 3.63) is 55.9 Å². The molecule has 1 aliphatic rings. The molecule has 130 valence electrons. The molecule has 0 aromatic carbocycles. The topological polar surface area (TPSA) is 59.8 Å². The molecule has 0 bridgehead atoms. The van der Waals surface area contributed by atoms with E-state index in [0.717, 1.165) is 22.8 Å². The monoisotopic (exact) mass is 372 g/mol. The second-order valence-corrected chi connectivity index (χ2v) is 8.21. The minimum Gasteiger partial charge on any atom is -0.341 e. The summed E-state index contributed by atoms with van der Waals surface area (Å²) in [6.07, 6.45) is 3.10. The van der Waals surface area contributed by atoms with E-state index in [9.17, 15) is 4.79 Å². The molecule has 1 amide bonds. The Hall–Kier alpha value is -1.99. The Labute approximate surface area is 154 Å². The van der Waals surface area contributed by atoms with E-state index >= 15 is 0 Å². The fraction of sp³-hybridized carbons (Fsp3) is 0.389. The van der Waals surface area contributed by atoms with E-state index in [-0.39, 0.29) is 11.9 Å². The van der Waals surface area contributed by atoms with Gasteiger partial charge in [0.05, 0.1) is 11.7 Å². The van der Waals surface area contributed by atoms with Crippen LogP contribution >= 0.6 is 22.7 Å². The molecule has 0 saturated heterocycles. The minimum atomic E-state index is -0.125. The molecule has 3 aromatic rings. The van der Waals surface area contributed by atoms with Crippen LogP contribution in [0.1, 0.15) is 57.2 Å². The van der Waals surface area contributed by atoms with E-state index in [2.05, 4.69) is 32.2 Å². The van der Waals surface area contributed by atoms with E-state index in [1.807, 2.05) is 25.4 Å². The lowest BCUT2D eigenvalue weighted by atomic mass is 10.1. The van der Waals surface area contributed by atoms with Gasteiger partial charge in [-0.1, -0.05) is 0 Å². The van der Waals surface area contributed by atoms with Crippen LogP contribution in [-0.4, -0.2) is 20.7 Å². The average Bonchev–Trinajstić information content (AvgIpc) is 2.96. The molecule has 4 rings (SSSR count). The quantitative estimate of drug-likeness (QED) is 0.715. The van der Waals surface area contributed by atoms with Gasteiger partial charge in [0.25, 0.3) is 5.91 Å². The summed E-state index contributed by atoms with van der Waals surface area (Å²) < 4.78 is 1.69. The third kappa shape index (κ3) is 3.67. The van der Waals surface area contributed by atoms with Crippen LogP contribution < -0.4 is 5.32 Å². The van der Waals surface area contributed by atoms with Crippen molar-refractivity contribution in [1.82, 2.24) is 20.1 Å². The van der Waals surface area contributed by atoms with Gasteiger partial charge in [-0.05, 0) is 48.2 Å². The number of nitrogens with one attached hydrogen (secondary N) is 1. The van der Waals surface area contributed by atoms with Crippen LogP contribution in [0.5, 0.6) is 0 Å². The lowest BCUT2D eigenvalue weighted by Crippen LogP contribution is -2.31. The van der Waals surface area contributed by atoms with Crippen molar-refractivity contribution in [2.75, 3.05) is 0 Å². The summed E-state index contributed by atoms with van der Waals surface area (Å²) in [5, 5.41) is 14.8. The normalized spacial score (nSPS) is 15.3. The van der Waals surface area contributed by atoms with Crippen LogP contribution in [0.25, 0.3) is 0 Å². The summed E-state index contributed by atoms with van der Waals surface area (Å²) in [6, 6.07) is 3.90. The second kappa shape index (κ2) is 6.72. The van der Waals surface area contributed by atoms with E-state index in [1.165, 1.54) is 18.4 Å². The molecule has 3 heterocycles. The third-order valence-electron chi connectivity index (χ3n) is 4.39. The Morgan fingerprint density at radius 2 is 2.28 bits per heavy atom. The highest BCUT2D eigenvalue weighted by atomic mass is 32.1. The Kier molecular flexibility index (Phi) is 4.43. The zero-order chi connectivity index (χ0) is 17.4. The van der Waals surface area contributed by atoms with Crippen molar-refractivity contribution < 1.29 is 4.79 Å². The number of rotatable bonds is 6. The Balaban J connectivity index is 1.56. The van der Waals surface area contributed by atoms with E-state index in [0.29, 0.717) is 11.6 Å². The molecule has 0 unspecified atom stereocenters. The smallest absolute Gasteiger partial charge is 0.270 e. The highest BCUT2D eigenvalue weighted by molar-refractivity contribution is 7.09. The van der Waals surface area contributed by atoms with Crippen molar-refractivity contribution >= 4 is 28.6 Å². The van der Waals surface area contributed by atoms with E-state index in [1.54, 1.807) is 27.4 Å². The molecule has 0 radical (unpaired) electrons. The molecule has 1 saturated carbocycles. The predicted octanol–water partition coefficient (Wildman–Crippen LogP) is 3.84. The first-order valence-corrected chi connectivity index (χ1v) is 10.2. The van der Waals surface area contributed by atoms with Crippen LogP contribution in [0, 0.1) is 6.92 Å². The van der Waals surface area contributed by atoms with Crippen LogP contribution in [0.4, 0.5) is 0 Å². The molecule has 0 spiro atoms. The van der Waals surface area contributed by atoms with Crippen LogP contribution in [0.3, 0.4) is 0 Å². The lowest BCUT2D eigenvalue weighted by molar-refractivity contribution is 0.0927. The van der Waals surface area contributed by atoms with Gasteiger partial charge in [0.1, 0.15) is 10.7 Å². The summed E-state index contributed by atoms with van der Waals surface area (Å²) in [7, 11) is 1.84. The molecule has 25 heavy (non-hydrogen) atoms. The number of hydrogen-bond acceptors (Lipinski definition) is 5. The molecular formula is C18H20N4OS2. The first-order valence-electron chi connectivity index (χ1n) is 8.38. The van der Waals surface area contributed by atoms with Gasteiger partial charge in [0, 0.05) is 30.5 Å². The molecule has 3 aromatic heterocycles. The van der Waals surface area contributed by atoms with Gasteiger partial charge in [0.2, 0.25) is 0 Å². The predicted molar refractivity (Wildman–Crippen MR) is 100 cm³/mol. The fourth-order valence-corrected chi connectivity index (χ4v) is 4.42. The fourth-order valence-electron chi connectivity index (χ4n) is 2.89. The maximum absolute atomic E-state index is 12.8. The van der Waals surface area contributed by atoms with Crippen LogP contribution in [-0.2, 0) is 13.5 Å². The molecule has 0 aliphatic heterocycles. The number of carbonyl (C=O) groups is 1. The van der Waals surface area contributed by atoms with Gasteiger partial charge >= 0.3 is 0 Å². The summed E-state index contributed by atoms with van der Waals surface area (Å²) in [5.74, 6) is 0.450. The van der Waals surface area contributed by atoms with Gasteiger partial charge in [0.15, 0.2) is 0 Å². The van der Waals surface area contributed by atoms with Crippen LogP contribution in [0.15, 0.2) is 28.3 Å². The molecule has 1 N–H and O–H groups in total. The van der Waals surface area contributed by atoms with Crippen molar-refractivity contribution in [3.8, 4) is 0 Å². The Morgan fingerprint density at radius 3 is 2.92 bits per heavy atom. The van der Waals surface area contributed by atoms with Crippen molar-refractivity contribution in [2.24, 2.45) is 7.05 Å². The molecule has 1 atom stereocenters. The number of thiazole rings is 1. The van der Waals surface area contributed by atoms with Gasteiger partial charge in [-0.25, -0.2) is 4.98 Å². The van der Waals surface area contributed by atoms with Gasteiger partial charge in [-0.15, -0.1) is 11.3 Å². The largest absolute Gasteiger partial charge is 0.341 e. The number of carbonyl (C=O) groups excluding carboxylic acids is 1. The Morgan fingerprint density at radius 1 is 1.44 bits per heavy atom. The highest BCUT2D eigenvalue weighted by Gasteiger charge is 2.29. The standard InChI is InChI=1S/C18H20N4OS2/c1-11-9-25-18(19-11)15(7-12-5-6-24-10-12)20-17(23)16-8-14(13-3-4-13)21-22(16)2/h5-6,8-10,13,15H,3-4,7H2,1-2H3,(H,20,23)/t15-/m1/s1. The summed E-state index contributed by atoms with van der Waals surface area (Å²) >= 11 is 3.27. The maximum Gasteiger partial charge on any atom is 0.270 e. The highest BCUT2D eigenvalue weighted by Crippen LogP contribution is 2.39. The van der Waals surface area contributed by atoms with Crippen LogP contribution in [0.2, 0.25) is 0 Å². The van der Waals surface area contributed by atoms with Gasteiger partial charge in [-0.3, -0.25) is 9.48 Å². The zero-order valence-corrected chi connectivity index (χ0v) is 15.9. The van der Waals surface area contributed by atoms with Crippen molar-refractivity contribution in [2.45, 2.75) is 38.1 Å².